The summed E-state index contributed by atoms with van der Waals surface area (Å²) in [7, 11) is 0. The summed E-state index contributed by atoms with van der Waals surface area (Å²) in [5.41, 5.74) is 1.76. The molecule has 0 radical (unpaired) electrons. The van der Waals surface area contributed by atoms with E-state index in [0.29, 0.717) is 5.56 Å². The van der Waals surface area contributed by atoms with Crippen LogP contribution in [0.1, 0.15) is 15.9 Å². The molecular formula is C10H11N5OS. The number of H-pyrrole nitrogens is 1. The number of hydrogen-bond acceptors (Lipinski definition) is 5. The molecule has 0 atom stereocenters. The van der Waals surface area contributed by atoms with Gasteiger partial charge in [0.25, 0.3) is 11.9 Å². The number of hydrogen-bond donors (Lipinski definition) is 2. The molecule has 0 saturated carbocycles. The molecule has 0 aliphatic rings. The van der Waals surface area contributed by atoms with Crippen LogP contribution in [0.2, 0.25) is 0 Å². The number of benzene rings is 1. The molecule has 0 saturated heterocycles. The third kappa shape index (κ3) is 3.04. The standard InChI is InChI=1S/C10H11N5OS/c1-17-6-7-2-4-8(5-3-7)9(16)11-10-12-14-15-13-10/h2-5H,6H2,1H3,(H2,11,12,13,14,15,16). The average Bonchev–Trinajstić information content (AvgIpc) is 2.83. The number of carbonyl (C=O) groups excluding carboxylic acids is 1. The van der Waals surface area contributed by atoms with Gasteiger partial charge in [0.05, 0.1) is 0 Å². The maximum absolute atomic E-state index is 11.7. The summed E-state index contributed by atoms with van der Waals surface area (Å²) < 4.78 is 0. The summed E-state index contributed by atoms with van der Waals surface area (Å²) in [5.74, 6) is 0.859. The minimum Gasteiger partial charge on any atom is -0.288 e. The summed E-state index contributed by atoms with van der Waals surface area (Å²) in [6, 6.07) is 7.42. The van der Waals surface area contributed by atoms with Crippen LogP contribution in [0.5, 0.6) is 0 Å². The van der Waals surface area contributed by atoms with Crippen LogP contribution in [0.4, 0.5) is 5.95 Å². The number of nitrogens with zero attached hydrogens (tertiary/aromatic N) is 3. The van der Waals surface area contributed by atoms with E-state index < -0.39 is 0 Å². The monoisotopic (exact) mass is 249 g/mol. The molecule has 1 heterocycles. The maximum atomic E-state index is 11.7. The van der Waals surface area contributed by atoms with Crippen molar-refractivity contribution in [2.75, 3.05) is 11.6 Å². The average molecular weight is 249 g/mol. The molecular weight excluding hydrogens is 238 g/mol. The van der Waals surface area contributed by atoms with Crippen LogP contribution in [0.3, 0.4) is 0 Å². The Morgan fingerprint density at radius 2 is 2.18 bits per heavy atom. The molecule has 17 heavy (non-hydrogen) atoms. The van der Waals surface area contributed by atoms with Gasteiger partial charge in [0.15, 0.2) is 0 Å². The highest BCUT2D eigenvalue weighted by atomic mass is 32.2. The molecule has 2 aromatic rings. The lowest BCUT2D eigenvalue weighted by molar-refractivity contribution is 0.102. The van der Waals surface area contributed by atoms with Crippen molar-refractivity contribution >= 4 is 23.6 Å². The van der Waals surface area contributed by atoms with Gasteiger partial charge < -0.3 is 0 Å². The van der Waals surface area contributed by atoms with Gasteiger partial charge in [-0.1, -0.05) is 17.2 Å². The fourth-order valence-electron chi connectivity index (χ4n) is 1.31. The maximum Gasteiger partial charge on any atom is 0.270 e. The first kappa shape index (κ1) is 11.6. The van der Waals surface area contributed by atoms with Gasteiger partial charge in [0.1, 0.15) is 0 Å². The molecule has 1 amide bonds. The summed E-state index contributed by atoms with van der Waals surface area (Å²) in [6.07, 6.45) is 2.04. The van der Waals surface area contributed by atoms with E-state index in [2.05, 4.69) is 25.9 Å². The van der Waals surface area contributed by atoms with Crippen molar-refractivity contribution in [3.63, 3.8) is 0 Å². The molecule has 0 aliphatic heterocycles. The van der Waals surface area contributed by atoms with Crippen molar-refractivity contribution in [3.8, 4) is 0 Å². The number of aromatic nitrogens is 4. The Hall–Kier alpha value is -1.89. The summed E-state index contributed by atoms with van der Waals surface area (Å²) in [6.45, 7) is 0. The van der Waals surface area contributed by atoms with Crippen molar-refractivity contribution in [1.82, 2.24) is 20.6 Å². The zero-order valence-corrected chi connectivity index (χ0v) is 9.99. The molecule has 2 N–H and O–H groups in total. The molecule has 0 aliphatic carbocycles. The first-order valence-corrected chi connectivity index (χ1v) is 6.31. The van der Waals surface area contributed by atoms with Crippen LogP contribution in [0.15, 0.2) is 24.3 Å². The van der Waals surface area contributed by atoms with Gasteiger partial charge in [0, 0.05) is 11.3 Å². The Kier molecular flexibility index (Phi) is 3.71. The number of anilines is 1. The van der Waals surface area contributed by atoms with Gasteiger partial charge in [-0.25, -0.2) is 0 Å². The van der Waals surface area contributed by atoms with Gasteiger partial charge in [-0.15, -0.1) is 5.10 Å². The third-order valence-electron chi connectivity index (χ3n) is 2.10. The van der Waals surface area contributed by atoms with Crippen molar-refractivity contribution in [2.24, 2.45) is 0 Å². The first-order chi connectivity index (χ1) is 8.29. The molecule has 7 heteroatoms. The second-order valence-electron chi connectivity index (χ2n) is 3.32. The Morgan fingerprint density at radius 1 is 1.41 bits per heavy atom. The van der Waals surface area contributed by atoms with E-state index in [4.69, 9.17) is 0 Å². The number of carbonyl (C=O) groups is 1. The zero-order chi connectivity index (χ0) is 12.1. The van der Waals surface area contributed by atoms with Gasteiger partial charge in [0.2, 0.25) is 0 Å². The Morgan fingerprint density at radius 3 is 2.76 bits per heavy atom. The molecule has 0 spiro atoms. The molecule has 1 aromatic carbocycles. The second kappa shape index (κ2) is 5.44. The topological polar surface area (TPSA) is 83.6 Å². The van der Waals surface area contributed by atoms with E-state index in [0.717, 1.165) is 5.75 Å². The van der Waals surface area contributed by atoms with Crippen LogP contribution in [-0.2, 0) is 5.75 Å². The van der Waals surface area contributed by atoms with Gasteiger partial charge in [-0.3, -0.25) is 10.1 Å². The minimum absolute atomic E-state index is 0.170. The van der Waals surface area contributed by atoms with Crippen LogP contribution >= 0.6 is 11.8 Å². The van der Waals surface area contributed by atoms with Gasteiger partial charge >= 0.3 is 0 Å². The van der Waals surface area contributed by atoms with Crippen molar-refractivity contribution in [3.05, 3.63) is 35.4 Å². The molecule has 1 aromatic heterocycles. The highest BCUT2D eigenvalue weighted by molar-refractivity contribution is 7.97. The number of nitrogens with one attached hydrogen (secondary N) is 2. The van der Waals surface area contributed by atoms with Crippen LogP contribution in [0, 0.1) is 0 Å². The highest BCUT2D eigenvalue weighted by Gasteiger charge is 2.08. The van der Waals surface area contributed by atoms with Crippen molar-refractivity contribution in [1.29, 1.82) is 0 Å². The van der Waals surface area contributed by atoms with Crippen molar-refractivity contribution in [2.45, 2.75) is 5.75 Å². The fourth-order valence-corrected chi connectivity index (χ4v) is 1.83. The molecule has 6 nitrogen and oxygen atoms in total. The van der Waals surface area contributed by atoms with E-state index in [1.54, 1.807) is 23.9 Å². The zero-order valence-electron chi connectivity index (χ0n) is 9.17. The van der Waals surface area contributed by atoms with Crippen LogP contribution < -0.4 is 5.32 Å². The second-order valence-corrected chi connectivity index (χ2v) is 4.19. The first-order valence-electron chi connectivity index (χ1n) is 4.92. The molecule has 0 bridgehead atoms. The lowest BCUT2D eigenvalue weighted by Crippen LogP contribution is -2.12. The molecule has 88 valence electrons. The molecule has 2 rings (SSSR count). The SMILES string of the molecule is CSCc1ccc(C(=O)Nc2nn[nH]n2)cc1. The Bertz CT molecular complexity index is 482. The summed E-state index contributed by atoms with van der Waals surface area (Å²) in [5, 5.41) is 15.4. The van der Waals surface area contributed by atoms with Crippen LogP contribution in [0.25, 0.3) is 0 Å². The van der Waals surface area contributed by atoms with E-state index in [9.17, 15) is 4.79 Å². The summed E-state index contributed by atoms with van der Waals surface area (Å²) in [4.78, 5) is 11.7. The van der Waals surface area contributed by atoms with E-state index in [1.165, 1.54) is 5.56 Å². The predicted molar refractivity (Wildman–Crippen MR) is 65.8 cm³/mol. The number of thioether (sulfide) groups is 1. The number of tetrazole rings is 1. The lowest BCUT2D eigenvalue weighted by Gasteiger charge is -2.02. The Labute approximate surface area is 102 Å². The van der Waals surface area contributed by atoms with E-state index in [1.807, 2.05) is 18.4 Å². The smallest absolute Gasteiger partial charge is 0.270 e. The van der Waals surface area contributed by atoms with Crippen molar-refractivity contribution < 1.29 is 4.79 Å². The quantitative estimate of drug-likeness (QED) is 0.853. The Balaban J connectivity index is 2.04. The normalized spacial score (nSPS) is 10.2. The largest absolute Gasteiger partial charge is 0.288 e. The number of amides is 1. The lowest BCUT2D eigenvalue weighted by atomic mass is 10.1. The van der Waals surface area contributed by atoms with E-state index in [-0.39, 0.29) is 11.9 Å². The van der Waals surface area contributed by atoms with Gasteiger partial charge in [-0.05, 0) is 29.2 Å². The fraction of sp³-hybridized carbons (Fsp3) is 0.200. The van der Waals surface area contributed by atoms with Gasteiger partial charge in [-0.2, -0.15) is 17.0 Å². The van der Waals surface area contributed by atoms with E-state index >= 15 is 0 Å². The number of aromatic amines is 1. The molecule has 0 unspecified atom stereocenters. The summed E-state index contributed by atoms with van der Waals surface area (Å²) >= 11 is 1.74. The number of rotatable bonds is 4. The predicted octanol–water partition coefficient (Wildman–Crippen LogP) is 1.31. The molecule has 0 fully saturated rings. The third-order valence-corrected chi connectivity index (χ3v) is 2.72. The highest BCUT2D eigenvalue weighted by Crippen LogP contribution is 2.11. The minimum atomic E-state index is -0.248. The van der Waals surface area contributed by atoms with Crippen LogP contribution in [-0.4, -0.2) is 32.8 Å².